The number of piperazine rings is 1. The lowest BCUT2D eigenvalue weighted by molar-refractivity contribution is 0.0938. The van der Waals surface area contributed by atoms with Crippen LogP contribution in [0.2, 0.25) is 0 Å². The number of hydrogen-bond donors (Lipinski definition) is 1. The van der Waals surface area contributed by atoms with Crippen molar-refractivity contribution < 1.29 is 9.18 Å². The van der Waals surface area contributed by atoms with E-state index in [1.165, 1.54) is 12.1 Å². The van der Waals surface area contributed by atoms with Crippen molar-refractivity contribution in [3.8, 4) is 0 Å². The molecule has 1 N–H and O–H groups in total. The van der Waals surface area contributed by atoms with E-state index >= 15 is 0 Å². The number of carbonyl (C=O) groups excluding carboxylic acids is 1. The van der Waals surface area contributed by atoms with Crippen LogP contribution >= 0.6 is 0 Å². The third-order valence-electron chi connectivity index (χ3n) is 4.33. The molecule has 1 saturated heterocycles. The van der Waals surface area contributed by atoms with Crippen molar-refractivity contribution in [3.63, 3.8) is 0 Å². The summed E-state index contributed by atoms with van der Waals surface area (Å²) < 4.78 is 14.5. The van der Waals surface area contributed by atoms with Gasteiger partial charge in [-0.05, 0) is 30.3 Å². The Morgan fingerprint density at radius 2 is 1.88 bits per heavy atom. The van der Waals surface area contributed by atoms with E-state index in [4.69, 9.17) is 0 Å². The molecule has 1 aromatic heterocycles. The van der Waals surface area contributed by atoms with Gasteiger partial charge in [0.05, 0.1) is 0 Å². The smallest absolute Gasteiger partial charge is 0.269 e. The second kappa shape index (κ2) is 7.44. The first kappa shape index (κ1) is 16.4. The number of halogens is 1. The number of carbonyl (C=O) groups is 1. The maximum atomic E-state index is 13.0. The Hall–Kier alpha value is -2.41. The number of benzene rings is 1. The van der Waals surface area contributed by atoms with Crippen molar-refractivity contribution in [1.82, 2.24) is 20.0 Å². The highest BCUT2D eigenvalue weighted by Gasteiger charge is 2.17. The first-order valence-electron chi connectivity index (χ1n) is 8.12. The fourth-order valence-electron chi connectivity index (χ4n) is 2.90. The van der Waals surface area contributed by atoms with Crippen LogP contribution in [0.4, 0.5) is 10.1 Å². The van der Waals surface area contributed by atoms with E-state index in [2.05, 4.69) is 20.2 Å². The number of nitrogens with one attached hydrogen (secondary N) is 1. The summed E-state index contributed by atoms with van der Waals surface area (Å²) in [6.45, 7) is 5.10. The first-order chi connectivity index (χ1) is 11.6. The molecule has 128 valence electrons. The van der Waals surface area contributed by atoms with E-state index in [1.54, 1.807) is 24.0 Å². The van der Waals surface area contributed by atoms with Crippen LogP contribution in [0.25, 0.3) is 0 Å². The Morgan fingerprint density at radius 3 is 2.50 bits per heavy atom. The van der Waals surface area contributed by atoms with Crippen molar-refractivity contribution >= 4 is 11.6 Å². The fourth-order valence-corrected chi connectivity index (χ4v) is 2.90. The van der Waals surface area contributed by atoms with E-state index in [0.29, 0.717) is 12.2 Å². The Bertz CT molecular complexity index is 677. The van der Waals surface area contributed by atoms with E-state index < -0.39 is 0 Å². The minimum Gasteiger partial charge on any atom is -0.369 e. The molecule has 1 fully saturated rings. The Morgan fingerprint density at radius 1 is 1.17 bits per heavy atom. The SMILES string of the molecule is Cn1nccc1C(=O)NCCN1CCN(c2ccc(F)cc2)CC1. The zero-order valence-electron chi connectivity index (χ0n) is 13.8. The van der Waals surface area contributed by atoms with Gasteiger partial charge in [0, 0.05) is 58.2 Å². The highest BCUT2D eigenvalue weighted by molar-refractivity contribution is 5.92. The van der Waals surface area contributed by atoms with E-state index in [1.807, 2.05) is 12.1 Å². The van der Waals surface area contributed by atoms with Crippen molar-refractivity contribution in [2.75, 3.05) is 44.2 Å². The lowest BCUT2D eigenvalue weighted by atomic mass is 10.2. The number of rotatable bonds is 5. The normalized spacial score (nSPS) is 15.5. The maximum Gasteiger partial charge on any atom is 0.269 e. The van der Waals surface area contributed by atoms with Crippen molar-refractivity contribution in [2.24, 2.45) is 7.05 Å². The molecule has 1 amide bonds. The Balaban J connectivity index is 1.40. The van der Waals surface area contributed by atoms with Gasteiger partial charge < -0.3 is 10.2 Å². The van der Waals surface area contributed by atoms with Gasteiger partial charge in [0.1, 0.15) is 11.5 Å². The lowest BCUT2D eigenvalue weighted by Crippen LogP contribution is -2.48. The van der Waals surface area contributed by atoms with E-state index in [-0.39, 0.29) is 11.7 Å². The van der Waals surface area contributed by atoms with Crippen LogP contribution in [-0.4, -0.2) is 59.9 Å². The summed E-state index contributed by atoms with van der Waals surface area (Å²) in [5, 5.41) is 6.92. The predicted molar refractivity (Wildman–Crippen MR) is 90.6 cm³/mol. The highest BCUT2D eigenvalue weighted by Crippen LogP contribution is 2.16. The second-order valence-corrected chi connectivity index (χ2v) is 5.90. The van der Waals surface area contributed by atoms with Crippen LogP contribution in [0.5, 0.6) is 0 Å². The van der Waals surface area contributed by atoms with Gasteiger partial charge in [0.15, 0.2) is 0 Å². The molecule has 0 atom stereocenters. The summed E-state index contributed by atoms with van der Waals surface area (Å²) in [7, 11) is 1.75. The molecule has 0 saturated carbocycles. The minimum absolute atomic E-state index is 0.0973. The van der Waals surface area contributed by atoms with Gasteiger partial charge in [-0.15, -0.1) is 0 Å². The predicted octanol–water partition coefficient (Wildman–Crippen LogP) is 1.11. The van der Waals surface area contributed by atoms with Gasteiger partial charge in [0.25, 0.3) is 5.91 Å². The molecular weight excluding hydrogens is 309 g/mol. The van der Waals surface area contributed by atoms with Gasteiger partial charge >= 0.3 is 0 Å². The highest BCUT2D eigenvalue weighted by atomic mass is 19.1. The van der Waals surface area contributed by atoms with Crippen LogP contribution in [0.15, 0.2) is 36.5 Å². The minimum atomic E-state index is -0.207. The van der Waals surface area contributed by atoms with Crippen molar-refractivity contribution in [3.05, 3.63) is 48.0 Å². The molecule has 24 heavy (non-hydrogen) atoms. The Labute approximate surface area is 140 Å². The first-order valence-corrected chi connectivity index (χ1v) is 8.12. The summed E-state index contributed by atoms with van der Waals surface area (Å²) in [6.07, 6.45) is 1.61. The van der Waals surface area contributed by atoms with Gasteiger partial charge in [0.2, 0.25) is 0 Å². The lowest BCUT2D eigenvalue weighted by Gasteiger charge is -2.36. The Kier molecular flexibility index (Phi) is 5.10. The monoisotopic (exact) mass is 331 g/mol. The second-order valence-electron chi connectivity index (χ2n) is 5.90. The van der Waals surface area contributed by atoms with Crippen LogP contribution in [0.1, 0.15) is 10.5 Å². The molecule has 2 aromatic rings. The molecule has 6 nitrogen and oxygen atoms in total. The molecule has 0 aliphatic carbocycles. The molecule has 7 heteroatoms. The van der Waals surface area contributed by atoms with Crippen molar-refractivity contribution in [1.29, 1.82) is 0 Å². The molecular formula is C17H22FN5O. The fraction of sp³-hybridized carbons (Fsp3) is 0.412. The molecule has 0 spiro atoms. The quantitative estimate of drug-likeness (QED) is 0.892. The molecule has 2 heterocycles. The number of hydrogen-bond acceptors (Lipinski definition) is 4. The molecule has 0 bridgehead atoms. The summed E-state index contributed by atoms with van der Waals surface area (Å²) in [5.41, 5.74) is 1.62. The topological polar surface area (TPSA) is 53.4 Å². The third-order valence-corrected chi connectivity index (χ3v) is 4.33. The van der Waals surface area contributed by atoms with Crippen LogP contribution in [-0.2, 0) is 7.05 Å². The molecule has 3 rings (SSSR count). The molecule has 1 aliphatic rings. The summed E-state index contributed by atoms with van der Waals surface area (Å²) in [5.74, 6) is -0.304. The number of anilines is 1. The average molecular weight is 331 g/mol. The van der Waals surface area contributed by atoms with Gasteiger partial charge in [-0.3, -0.25) is 14.4 Å². The van der Waals surface area contributed by atoms with Crippen LogP contribution in [0, 0.1) is 5.82 Å². The summed E-state index contributed by atoms with van der Waals surface area (Å²) >= 11 is 0. The molecule has 0 radical (unpaired) electrons. The van der Waals surface area contributed by atoms with E-state index in [9.17, 15) is 9.18 Å². The third kappa shape index (κ3) is 3.91. The molecule has 0 unspecified atom stereocenters. The largest absolute Gasteiger partial charge is 0.369 e. The number of amides is 1. The number of aromatic nitrogens is 2. The average Bonchev–Trinajstić information content (AvgIpc) is 3.02. The number of nitrogens with zero attached hydrogens (tertiary/aromatic N) is 4. The van der Waals surface area contributed by atoms with E-state index in [0.717, 1.165) is 38.4 Å². The zero-order chi connectivity index (χ0) is 16.9. The molecule has 1 aliphatic heterocycles. The van der Waals surface area contributed by atoms with Crippen LogP contribution in [0.3, 0.4) is 0 Å². The van der Waals surface area contributed by atoms with Gasteiger partial charge in [-0.2, -0.15) is 5.10 Å². The van der Waals surface area contributed by atoms with Crippen molar-refractivity contribution in [2.45, 2.75) is 0 Å². The summed E-state index contributed by atoms with van der Waals surface area (Å²) in [4.78, 5) is 16.6. The standard InChI is InChI=1S/C17H22FN5O/c1-21-16(6-7-20-21)17(24)19-8-9-22-10-12-23(13-11-22)15-4-2-14(18)3-5-15/h2-7H,8-13H2,1H3,(H,19,24). The molecule has 1 aromatic carbocycles. The van der Waals surface area contributed by atoms with Crippen LogP contribution < -0.4 is 10.2 Å². The maximum absolute atomic E-state index is 13.0. The number of aryl methyl sites for hydroxylation is 1. The summed E-state index contributed by atoms with van der Waals surface area (Å²) in [6, 6.07) is 8.33. The van der Waals surface area contributed by atoms with Gasteiger partial charge in [-0.1, -0.05) is 0 Å². The zero-order valence-corrected chi connectivity index (χ0v) is 13.8. The van der Waals surface area contributed by atoms with Gasteiger partial charge in [-0.25, -0.2) is 4.39 Å².